The average Bonchev–Trinajstić information content (AvgIpc) is 2.87. The van der Waals surface area contributed by atoms with Crippen LogP contribution < -0.4 is 5.32 Å². The third kappa shape index (κ3) is 3.70. The van der Waals surface area contributed by atoms with Gasteiger partial charge in [-0.1, -0.05) is 38.1 Å². The zero-order valence-corrected chi connectivity index (χ0v) is 12.8. The number of hydrogen-bond donors (Lipinski definition) is 1. The molecular weight excluding hydrogens is 246 g/mol. The van der Waals surface area contributed by atoms with Gasteiger partial charge in [-0.05, 0) is 30.5 Å². The molecule has 3 nitrogen and oxygen atoms in total. The first kappa shape index (κ1) is 14.8. The van der Waals surface area contributed by atoms with Crippen LogP contribution in [-0.4, -0.2) is 16.1 Å². The van der Waals surface area contributed by atoms with Crippen LogP contribution in [0.2, 0.25) is 0 Å². The van der Waals surface area contributed by atoms with Crippen molar-refractivity contribution in [2.75, 3.05) is 6.54 Å². The molecular formula is C17H25N3. The monoisotopic (exact) mass is 271 g/mol. The highest BCUT2D eigenvalue weighted by molar-refractivity contribution is 5.27. The Bertz CT molecular complexity index is 513. The van der Waals surface area contributed by atoms with Gasteiger partial charge in [-0.25, -0.2) is 4.98 Å². The fraction of sp³-hybridized carbons (Fsp3) is 0.471. The van der Waals surface area contributed by atoms with E-state index in [0.29, 0.717) is 6.04 Å². The summed E-state index contributed by atoms with van der Waals surface area (Å²) in [6.45, 7) is 5.51. The van der Waals surface area contributed by atoms with Crippen molar-refractivity contribution in [2.45, 2.75) is 39.2 Å². The van der Waals surface area contributed by atoms with Gasteiger partial charge < -0.3 is 9.88 Å². The fourth-order valence-corrected chi connectivity index (χ4v) is 2.43. The smallest absolute Gasteiger partial charge is 0.112 e. The van der Waals surface area contributed by atoms with Crippen LogP contribution in [0.25, 0.3) is 0 Å². The Labute approximate surface area is 122 Å². The molecule has 2 rings (SSSR count). The van der Waals surface area contributed by atoms with Crippen molar-refractivity contribution < 1.29 is 0 Å². The zero-order chi connectivity index (χ0) is 14.4. The van der Waals surface area contributed by atoms with Gasteiger partial charge in [0, 0.05) is 31.9 Å². The van der Waals surface area contributed by atoms with Crippen LogP contribution >= 0.6 is 0 Å². The molecule has 1 atom stereocenters. The summed E-state index contributed by atoms with van der Waals surface area (Å²) in [7, 11) is 2.04. The van der Waals surface area contributed by atoms with Gasteiger partial charge in [0.15, 0.2) is 0 Å². The molecule has 1 N–H and O–H groups in total. The van der Waals surface area contributed by atoms with Gasteiger partial charge in [0.05, 0.1) is 0 Å². The number of nitrogens with one attached hydrogen (secondary N) is 1. The van der Waals surface area contributed by atoms with E-state index in [1.807, 2.05) is 19.4 Å². The second kappa shape index (κ2) is 7.25. The summed E-state index contributed by atoms with van der Waals surface area (Å²) >= 11 is 0. The highest BCUT2D eigenvalue weighted by Crippen LogP contribution is 2.18. The van der Waals surface area contributed by atoms with Gasteiger partial charge in [0.1, 0.15) is 5.82 Å². The molecule has 1 aromatic carbocycles. The second-order valence-electron chi connectivity index (χ2n) is 5.29. The third-order valence-electron chi connectivity index (χ3n) is 3.71. The number of aromatic nitrogens is 2. The lowest BCUT2D eigenvalue weighted by atomic mass is 10.0. The number of imidazole rings is 1. The Kier molecular flexibility index (Phi) is 5.36. The van der Waals surface area contributed by atoms with Gasteiger partial charge in [0.2, 0.25) is 0 Å². The molecule has 0 spiro atoms. The van der Waals surface area contributed by atoms with Crippen LogP contribution in [0.4, 0.5) is 0 Å². The number of benzene rings is 1. The fourth-order valence-electron chi connectivity index (χ4n) is 2.43. The van der Waals surface area contributed by atoms with E-state index in [2.05, 4.69) is 53.0 Å². The molecule has 3 heteroatoms. The minimum Gasteiger partial charge on any atom is -0.338 e. The number of aryl methyl sites for hydroxylation is 1. The molecule has 2 aromatic rings. The Hall–Kier alpha value is -1.61. The molecule has 0 saturated heterocycles. The van der Waals surface area contributed by atoms with Gasteiger partial charge >= 0.3 is 0 Å². The van der Waals surface area contributed by atoms with E-state index < -0.39 is 0 Å². The largest absolute Gasteiger partial charge is 0.338 e. The summed E-state index contributed by atoms with van der Waals surface area (Å²) < 4.78 is 2.07. The van der Waals surface area contributed by atoms with Gasteiger partial charge in [-0.15, -0.1) is 0 Å². The molecule has 108 valence electrons. The highest BCUT2D eigenvalue weighted by Gasteiger charge is 2.08. The van der Waals surface area contributed by atoms with E-state index in [-0.39, 0.29) is 0 Å². The molecule has 1 aromatic heterocycles. The van der Waals surface area contributed by atoms with Crippen LogP contribution in [-0.2, 0) is 13.5 Å². The Morgan fingerprint density at radius 1 is 1.20 bits per heavy atom. The minimum absolute atomic E-state index is 0.470. The molecule has 0 bridgehead atoms. The molecule has 1 unspecified atom stereocenters. The Balaban J connectivity index is 2.03. The molecule has 20 heavy (non-hydrogen) atoms. The van der Waals surface area contributed by atoms with E-state index >= 15 is 0 Å². The maximum atomic E-state index is 4.38. The minimum atomic E-state index is 0.470. The molecule has 0 aliphatic rings. The normalized spacial score (nSPS) is 12.6. The van der Waals surface area contributed by atoms with Crippen LogP contribution in [0, 0.1) is 0 Å². The van der Waals surface area contributed by atoms with Crippen molar-refractivity contribution in [3.8, 4) is 0 Å². The first-order valence-electron chi connectivity index (χ1n) is 7.53. The molecule has 0 amide bonds. The summed E-state index contributed by atoms with van der Waals surface area (Å²) in [4.78, 5) is 4.38. The maximum absolute atomic E-state index is 4.38. The van der Waals surface area contributed by atoms with Crippen molar-refractivity contribution in [1.29, 1.82) is 0 Å². The number of hydrogen-bond acceptors (Lipinski definition) is 2. The molecule has 0 aliphatic heterocycles. The predicted octanol–water partition coefficient (Wildman–Crippen LogP) is 3.46. The second-order valence-corrected chi connectivity index (χ2v) is 5.29. The molecule has 1 heterocycles. The van der Waals surface area contributed by atoms with E-state index in [1.165, 1.54) is 17.5 Å². The maximum Gasteiger partial charge on any atom is 0.112 e. The Morgan fingerprint density at radius 3 is 2.50 bits per heavy atom. The summed E-state index contributed by atoms with van der Waals surface area (Å²) in [5, 5.41) is 3.59. The molecule has 0 aliphatic carbocycles. The van der Waals surface area contributed by atoms with Gasteiger partial charge in [-0.3, -0.25) is 0 Å². The quantitative estimate of drug-likeness (QED) is 0.835. The average molecular weight is 271 g/mol. The highest BCUT2D eigenvalue weighted by atomic mass is 15.0. The number of rotatable bonds is 7. The predicted molar refractivity (Wildman–Crippen MR) is 83.8 cm³/mol. The molecule has 0 fully saturated rings. The molecule has 0 saturated carbocycles. The summed E-state index contributed by atoms with van der Waals surface area (Å²) in [5.41, 5.74) is 2.69. The Morgan fingerprint density at radius 2 is 1.95 bits per heavy atom. The van der Waals surface area contributed by atoms with Crippen LogP contribution in [0.3, 0.4) is 0 Å². The van der Waals surface area contributed by atoms with Crippen molar-refractivity contribution >= 4 is 0 Å². The standard InChI is InChI=1S/C17H25N3/c1-4-10-18-16(5-2)15-8-6-14(7-9-15)13-17-19-11-12-20(17)3/h6-9,11-12,16,18H,4-5,10,13H2,1-3H3. The summed E-state index contributed by atoms with van der Waals surface area (Å²) in [5.74, 6) is 1.11. The van der Waals surface area contributed by atoms with Crippen LogP contribution in [0.1, 0.15) is 49.7 Å². The number of nitrogens with zero attached hydrogens (tertiary/aromatic N) is 2. The van der Waals surface area contributed by atoms with E-state index in [9.17, 15) is 0 Å². The lowest BCUT2D eigenvalue weighted by Gasteiger charge is -2.17. The van der Waals surface area contributed by atoms with Crippen LogP contribution in [0.5, 0.6) is 0 Å². The van der Waals surface area contributed by atoms with Crippen molar-refractivity contribution in [2.24, 2.45) is 7.05 Å². The molecule has 0 radical (unpaired) electrons. The first-order chi connectivity index (χ1) is 9.74. The van der Waals surface area contributed by atoms with Crippen molar-refractivity contribution in [1.82, 2.24) is 14.9 Å². The third-order valence-corrected chi connectivity index (χ3v) is 3.71. The SMILES string of the molecule is CCCNC(CC)c1ccc(Cc2nccn2C)cc1. The lowest BCUT2D eigenvalue weighted by molar-refractivity contribution is 0.518. The zero-order valence-electron chi connectivity index (χ0n) is 12.8. The van der Waals surface area contributed by atoms with E-state index in [4.69, 9.17) is 0 Å². The first-order valence-corrected chi connectivity index (χ1v) is 7.53. The van der Waals surface area contributed by atoms with Gasteiger partial charge in [-0.2, -0.15) is 0 Å². The van der Waals surface area contributed by atoms with Crippen LogP contribution in [0.15, 0.2) is 36.7 Å². The lowest BCUT2D eigenvalue weighted by Crippen LogP contribution is -2.21. The van der Waals surface area contributed by atoms with Gasteiger partial charge in [0.25, 0.3) is 0 Å². The van der Waals surface area contributed by atoms with E-state index in [0.717, 1.165) is 25.2 Å². The van der Waals surface area contributed by atoms with Crippen molar-refractivity contribution in [3.63, 3.8) is 0 Å². The summed E-state index contributed by atoms with van der Waals surface area (Å²) in [6.07, 6.45) is 7.03. The van der Waals surface area contributed by atoms with Crippen molar-refractivity contribution in [3.05, 3.63) is 53.6 Å². The summed E-state index contributed by atoms with van der Waals surface area (Å²) in [6, 6.07) is 9.40. The van der Waals surface area contributed by atoms with E-state index in [1.54, 1.807) is 0 Å². The topological polar surface area (TPSA) is 29.9 Å².